The molecule has 1 aliphatic carbocycles. The summed E-state index contributed by atoms with van der Waals surface area (Å²) < 4.78 is 19.2. The number of hydrogen-bond acceptors (Lipinski definition) is 8. The van der Waals surface area contributed by atoms with Crippen LogP contribution >= 0.6 is 0 Å². The molecule has 13 nitrogen and oxygen atoms in total. The molecule has 0 radical (unpaired) electrons. The van der Waals surface area contributed by atoms with Gasteiger partial charge in [-0.15, -0.1) is 10.2 Å². The first-order chi connectivity index (χ1) is 20.9. The number of ether oxygens (including phenoxy) is 1. The van der Waals surface area contributed by atoms with Gasteiger partial charge in [-0.3, -0.25) is 9.59 Å². The minimum Gasteiger partial charge on any atom is -0.479 e. The van der Waals surface area contributed by atoms with Crippen molar-refractivity contribution in [1.82, 2.24) is 35.7 Å². The van der Waals surface area contributed by atoms with Crippen LogP contribution in [0, 0.1) is 11.7 Å². The molecule has 3 N–H and O–H groups in total. The average molecular weight is 612 g/mol. The van der Waals surface area contributed by atoms with Crippen LogP contribution in [0.25, 0.3) is 11.4 Å². The topological polar surface area (TPSA) is 169 Å². The van der Waals surface area contributed by atoms with Crippen molar-refractivity contribution in [2.24, 2.45) is 5.92 Å². The Kier molecular flexibility index (Phi) is 8.71. The van der Waals surface area contributed by atoms with E-state index in [0.29, 0.717) is 18.4 Å². The van der Waals surface area contributed by atoms with E-state index in [-0.39, 0.29) is 31.1 Å². The van der Waals surface area contributed by atoms with Crippen molar-refractivity contribution in [2.45, 2.75) is 95.0 Å². The van der Waals surface area contributed by atoms with Gasteiger partial charge in [-0.05, 0) is 63.8 Å². The van der Waals surface area contributed by atoms with Gasteiger partial charge in [-0.2, -0.15) is 4.80 Å². The largest absolute Gasteiger partial charge is 0.479 e. The van der Waals surface area contributed by atoms with Crippen LogP contribution in [-0.2, 0) is 19.1 Å². The fraction of sp³-hybridized carbons (Fsp3) is 0.567. The highest BCUT2D eigenvalue weighted by Crippen LogP contribution is 2.45. The van der Waals surface area contributed by atoms with Crippen molar-refractivity contribution in [3.8, 4) is 11.4 Å². The van der Waals surface area contributed by atoms with Gasteiger partial charge in [-0.25, -0.2) is 14.0 Å². The average Bonchev–Trinajstić information content (AvgIpc) is 3.27. The van der Waals surface area contributed by atoms with E-state index in [0.717, 1.165) is 19.3 Å². The van der Waals surface area contributed by atoms with Gasteiger partial charge in [0.05, 0.1) is 6.04 Å². The lowest BCUT2D eigenvalue weighted by Crippen LogP contribution is -2.56. The first-order valence-corrected chi connectivity index (χ1v) is 14.9. The third-order valence-corrected chi connectivity index (χ3v) is 8.17. The number of rotatable bonds is 4. The van der Waals surface area contributed by atoms with Crippen LogP contribution in [0.1, 0.15) is 71.8 Å². The molecule has 1 saturated carbocycles. The number of fused-ring (bicyclic) bond motifs is 2. The summed E-state index contributed by atoms with van der Waals surface area (Å²) in [5.41, 5.74) is -1.83. The number of amides is 3. The van der Waals surface area contributed by atoms with E-state index in [9.17, 15) is 28.7 Å². The van der Waals surface area contributed by atoms with Crippen LogP contribution in [0.4, 0.5) is 9.18 Å². The van der Waals surface area contributed by atoms with Crippen molar-refractivity contribution in [3.63, 3.8) is 0 Å². The number of aromatic nitrogens is 4. The van der Waals surface area contributed by atoms with Gasteiger partial charge in [0, 0.05) is 24.4 Å². The maximum atomic E-state index is 14.1. The van der Waals surface area contributed by atoms with Gasteiger partial charge in [0.25, 0.3) is 0 Å². The fourth-order valence-corrected chi connectivity index (χ4v) is 5.82. The number of tetrazole rings is 1. The number of nitrogens with zero attached hydrogens (tertiary/aromatic N) is 5. The molecule has 236 valence electrons. The van der Waals surface area contributed by atoms with Gasteiger partial charge in [-0.1, -0.05) is 37.1 Å². The van der Waals surface area contributed by atoms with Crippen LogP contribution in [0.5, 0.6) is 0 Å². The predicted octanol–water partition coefficient (Wildman–Crippen LogP) is 2.99. The first kappa shape index (κ1) is 31.1. The molecular weight excluding hydrogens is 573 g/mol. The highest BCUT2D eigenvalue weighted by atomic mass is 19.1. The zero-order valence-electron chi connectivity index (χ0n) is 25.0. The fourth-order valence-electron chi connectivity index (χ4n) is 5.82. The van der Waals surface area contributed by atoms with Gasteiger partial charge < -0.3 is 25.4 Å². The molecule has 3 heterocycles. The summed E-state index contributed by atoms with van der Waals surface area (Å²) in [6.45, 7) is 5.16. The second-order valence-corrected chi connectivity index (χ2v) is 12.7. The molecule has 5 atom stereocenters. The zero-order chi connectivity index (χ0) is 31.6. The maximum Gasteiger partial charge on any atom is 0.408 e. The molecule has 0 unspecified atom stereocenters. The van der Waals surface area contributed by atoms with Gasteiger partial charge in [0.1, 0.15) is 29.0 Å². The van der Waals surface area contributed by atoms with Crippen molar-refractivity contribution < 1.29 is 33.4 Å². The van der Waals surface area contributed by atoms with Crippen LogP contribution in [0.15, 0.2) is 36.4 Å². The number of hydrogen-bond donors (Lipinski definition) is 3. The Morgan fingerprint density at radius 3 is 2.73 bits per heavy atom. The molecule has 3 aliphatic rings. The number of nitrogens with one attached hydrogen (secondary N) is 2. The van der Waals surface area contributed by atoms with Gasteiger partial charge in [0.2, 0.25) is 17.6 Å². The number of alkyl carbamates (subject to hydrolysis) is 1. The molecule has 1 saturated heterocycles. The monoisotopic (exact) mass is 611 g/mol. The number of carbonyl (C=O) groups is 4. The summed E-state index contributed by atoms with van der Waals surface area (Å²) in [4.78, 5) is 55.6. The molecular formula is C30H38FN7O6. The Labute approximate surface area is 254 Å². The van der Waals surface area contributed by atoms with Crippen molar-refractivity contribution in [2.75, 3.05) is 6.54 Å². The van der Waals surface area contributed by atoms with E-state index in [1.807, 2.05) is 12.2 Å². The Bertz CT molecular complexity index is 1460. The number of allylic oxidation sites excluding steroid dienone is 1. The Morgan fingerprint density at radius 2 is 2.00 bits per heavy atom. The number of benzene rings is 1. The van der Waals surface area contributed by atoms with E-state index in [1.165, 1.54) is 27.9 Å². The van der Waals surface area contributed by atoms with Crippen LogP contribution in [0.3, 0.4) is 0 Å². The van der Waals surface area contributed by atoms with Crippen molar-refractivity contribution in [3.05, 3.63) is 42.2 Å². The summed E-state index contributed by atoms with van der Waals surface area (Å²) in [6, 6.07) is 3.10. The van der Waals surface area contributed by atoms with Crippen LogP contribution in [0.2, 0.25) is 0 Å². The molecule has 3 amide bonds. The van der Waals surface area contributed by atoms with Crippen LogP contribution in [-0.4, -0.2) is 83.9 Å². The van der Waals surface area contributed by atoms with Crippen molar-refractivity contribution >= 4 is 23.9 Å². The van der Waals surface area contributed by atoms with E-state index in [1.54, 1.807) is 26.8 Å². The summed E-state index contributed by atoms with van der Waals surface area (Å²) >= 11 is 0. The smallest absolute Gasteiger partial charge is 0.408 e. The second-order valence-electron chi connectivity index (χ2n) is 12.7. The highest BCUT2D eigenvalue weighted by molar-refractivity contribution is 5.96. The number of carbonyl (C=O) groups excluding carboxylic acids is 3. The van der Waals surface area contributed by atoms with Gasteiger partial charge >= 0.3 is 12.1 Å². The van der Waals surface area contributed by atoms with E-state index >= 15 is 0 Å². The summed E-state index contributed by atoms with van der Waals surface area (Å²) in [5.74, 6) is -2.89. The lowest BCUT2D eigenvalue weighted by atomic mass is 10.0. The van der Waals surface area contributed by atoms with Crippen LogP contribution < -0.4 is 10.6 Å². The SMILES string of the molecule is CC(C)(C)OC(=O)N[C@@H]1CCCCCC=C[C@@H]2C[C@]2(C(=O)O)NC(=O)[C@@H]2C[C@H](n3nnc(-c4cccc(F)c4)n3)CN2C1=O. The highest BCUT2D eigenvalue weighted by Gasteiger charge is 2.61. The molecule has 2 aromatic rings. The summed E-state index contributed by atoms with van der Waals surface area (Å²) in [6.07, 6.45) is 6.65. The zero-order valence-corrected chi connectivity index (χ0v) is 25.0. The number of carboxylic acid groups (broad SMARTS) is 1. The normalized spacial score (nSPS) is 27.8. The van der Waals surface area contributed by atoms with E-state index < -0.39 is 59.0 Å². The first-order valence-electron chi connectivity index (χ1n) is 14.9. The summed E-state index contributed by atoms with van der Waals surface area (Å²) in [7, 11) is 0. The maximum absolute atomic E-state index is 14.1. The quantitative estimate of drug-likeness (QED) is 0.440. The van der Waals surface area contributed by atoms with Crippen molar-refractivity contribution in [1.29, 1.82) is 0 Å². The van der Waals surface area contributed by atoms with Gasteiger partial charge in [0.15, 0.2) is 0 Å². The molecule has 14 heteroatoms. The predicted molar refractivity (Wildman–Crippen MR) is 154 cm³/mol. The van der Waals surface area contributed by atoms with E-state index in [4.69, 9.17) is 4.74 Å². The Balaban J connectivity index is 1.44. The summed E-state index contributed by atoms with van der Waals surface area (Å²) in [5, 5.41) is 28.0. The molecule has 0 spiro atoms. The molecule has 2 fully saturated rings. The molecule has 2 aliphatic heterocycles. The van der Waals surface area contributed by atoms with E-state index in [2.05, 4.69) is 26.0 Å². The third-order valence-electron chi connectivity index (χ3n) is 8.17. The Hall–Kier alpha value is -4.36. The number of aliphatic carboxylic acids is 1. The Morgan fingerprint density at radius 1 is 1.20 bits per heavy atom. The molecule has 1 aromatic heterocycles. The number of halogens is 1. The molecule has 5 rings (SSSR count). The third kappa shape index (κ3) is 6.89. The minimum absolute atomic E-state index is 0.00573. The molecule has 0 bridgehead atoms. The lowest BCUT2D eigenvalue weighted by molar-refractivity contribution is -0.145. The number of carboxylic acids is 1. The molecule has 1 aromatic carbocycles. The standard InChI is InChI=1S/C30H38FN7O6/c1-29(2,3)44-28(43)32-22-13-8-6-4-5-7-11-19-16-30(19,27(41)42)33-25(39)23-15-21(17-37(23)26(22)40)38-35-24(34-36-38)18-10-9-12-20(31)14-18/h7,9-12,14,19,21-23H,4-6,8,13,15-17H2,1-3H3,(H,32,43)(H,33,39)(H,41,42)/t19-,21+,22-,23+,30+/m1/s1. The lowest BCUT2D eigenvalue weighted by Gasteiger charge is -2.30. The minimum atomic E-state index is -1.45. The molecule has 44 heavy (non-hydrogen) atoms. The second kappa shape index (κ2) is 12.3.